The molecule has 2 N–H and O–H groups in total. The molecule has 0 atom stereocenters. The van der Waals surface area contributed by atoms with E-state index in [4.69, 9.17) is 10.4 Å². The van der Waals surface area contributed by atoms with Crippen molar-refractivity contribution in [3.8, 4) is 6.07 Å². The molecular weight excluding hydrogens is 330 g/mol. The van der Waals surface area contributed by atoms with Crippen molar-refractivity contribution >= 4 is 27.4 Å². The van der Waals surface area contributed by atoms with Gasteiger partial charge in [0.25, 0.3) is 11.7 Å². The predicted octanol–water partition coefficient (Wildman–Crippen LogP) is 0.935. The number of ketones is 1. The Balaban J connectivity index is 1.98. The number of amides is 1. The van der Waals surface area contributed by atoms with Crippen LogP contribution >= 0.6 is 0 Å². The van der Waals surface area contributed by atoms with Gasteiger partial charge in [-0.05, 0) is 35.9 Å². The Morgan fingerprint density at radius 1 is 1.08 bits per heavy atom. The lowest BCUT2D eigenvalue weighted by Crippen LogP contribution is -2.29. The number of rotatable bonds is 3. The number of carbonyl (C=O) groups excluding carboxylic acids is 2. The molecule has 2 aromatic carbocycles. The molecule has 0 saturated carbocycles. The highest BCUT2D eigenvalue weighted by atomic mass is 32.2. The second kappa shape index (κ2) is 5.56. The van der Waals surface area contributed by atoms with Gasteiger partial charge in [-0.3, -0.25) is 9.59 Å². The summed E-state index contributed by atoms with van der Waals surface area (Å²) in [6.45, 7) is 0.137. The highest BCUT2D eigenvalue weighted by Crippen LogP contribution is 2.32. The minimum atomic E-state index is -3.96. The molecule has 24 heavy (non-hydrogen) atoms. The molecule has 0 saturated heterocycles. The summed E-state index contributed by atoms with van der Waals surface area (Å²) in [5.74, 6) is -1.51. The van der Waals surface area contributed by atoms with E-state index in [2.05, 4.69) is 0 Å². The number of hydrogen-bond donors (Lipinski definition) is 1. The number of nitrogens with zero attached hydrogens (tertiary/aromatic N) is 2. The smallest absolute Gasteiger partial charge is 0.299 e. The van der Waals surface area contributed by atoms with Crippen molar-refractivity contribution in [2.24, 2.45) is 5.14 Å². The number of fused-ring (bicyclic) bond motifs is 1. The molecule has 0 radical (unpaired) electrons. The number of nitrogens with two attached hydrogens (primary N) is 1. The summed E-state index contributed by atoms with van der Waals surface area (Å²) in [7, 11) is -3.96. The highest BCUT2D eigenvalue weighted by Gasteiger charge is 2.36. The number of carbonyl (C=O) groups is 2. The number of Topliss-reactive ketones (excluding diaryl/α,β-unsaturated/α-hetero) is 1. The van der Waals surface area contributed by atoms with Crippen LogP contribution in [-0.2, 0) is 21.4 Å². The summed E-state index contributed by atoms with van der Waals surface area (Å²) in [4.78, 5) is 25.4. The number of anilines is 1. The van der Waals surface area contributed by atoms with Crippen molar-refractivity contribution in [3.63, 3.8) is 0 Å². The average molecular weight is 341 g/mol. The minimum Gasteiger partial charge on any atom is -0.300 e. The maximum absolute atomic E-state index is 12.2. The first kappa shape index (κ1) is 15.9. The van der Waals surface area contributed by atoms with Crippen LogP contribution in [0.2, 0.25) is 0 Å². The van der Waals surface area contributed by atoms with E-state index >= 15 is 0 Å². The molecule has 0 aliphatic carbocycles. The SMILES string of the molecule is N#Cc1ccc(CN2C(=O)C(=O)c3cc(S(N)(=O)=O)ccc32)cc1. The van der Waals surface area contributed by atoms with Gasteiger partial charge < -0.3 is 4.90 Å². The van der Waals surface area contributed by atoms with Crippen molar-refractivity contribution in [1.82, 2.24) is 0 Å². The van der Waals surface area contributed by atoms with Gasteiger partial charge in [0.2, 0.25) is 10.0 Å². The number of benzene rings is 2. The molecule has 1 heterocycles. The molecule has 3 rings (SSSR count). The van der Waals surface area contributed by atoms with Gasteiger partial charge in [-0.25, -0.2) is 13.6 Å². The van der Waals surface area contributed by atoms with Crippen molar-refractivity contribution in [3.05, 3.63) is 59.2 Å². The lowest BCUT2D eigenvalue weighted by molar-refractivity contribution is -0.114. The molecule has 1 aliphatic rings. The topological polar surface area (TPSA) is 121 Å². The van der Waals surface area contributed by atoms with Crippen LogP contribution in [0, 0.1) is 11.3 Å². The number of hydrogen-bond acceptors (Lipinski definition) is 5. The van der Waals surface area contributed by atoms with E-state index in [1.807, 2.05) is 6.07 Å². The molecule has 0 bridgehead atoms. The van der Waals surface area contributed by atoms with Crippen LogP contribution in [0.5, 0.6) is 0 Å². The Bertz CT molecular complexity index is 1000. The molecule has 7 nitrogen and oxygen atoms in total. The lowest BCUT2D eigenvalue weighted by atomic mass is 10.1. The summed E-state index contributed by atoms with van der Waals surface area (Å²) < 4.78 is 22.8. The van der Waals surface area contributed by atoms with E-state index in [0.29, 0.717) is 11.3 Å². The Kier molecular flexibility index (Phi) is 3.67. The molecule has 1 aliphatic heterocycles. The van der Waals surface area contributed by atoms with Gasteiger partial charge in [0.1, 0.15) is 0 Å². The van der Waals surface area contributed by atoms with Gasteiger partial charge in [-0.15, -0.1) is 0 Å². The molecular formula is C16H11N3O4S. The van der Waals surface area contributed by atoms with E-state index in [1.54, 1.807) is 24.3 Å². The summed E-state index contributed by atoms with van der Waals surface area (Å²) in [5.41, 5.74) is 1.57. The molecule has 0 fully saturated rings. The second-order valence-electron chi connectivity index (χ2n) is 5.25. The highest BCUT2D eigenvalue weighted by molar-refractivity contribution is 7.89. The Labute approximate surface area is 138 Å². The Hall–Kier alpha value is -3.02. The molecule has 8 heteroatoms. The molecule has 0 unspecified atom stereocenters. The van der Waals surface area contributed by atoms with Gasteiger partial charge in [0.05, 0.1) is 34.3 Å². The van der Waals surface area contributed by atoms with Crippen molar-refractivity contribution in [2.75, 3.05) is 4.90 Å². The predicted molar refractivity (Wildman–Crippen MR) is 84.5 cm³/mol. The third-order valence-electron chi connectivity index (χ3n) is 3.70. The first-order valence-corrected chi connectivity index (χ1v) is 8.38. The third-order valence-corrected chi connectivity index (χ3v) is 4.61. The van der Waals surface area contributed by atoms with Crippen molar-refractivity contribution in [1.29, 1.82) is 5.26 Å². The summed E-state index contributed by atoms with van der Waals surface area (Å²) >= 11 is 0. The minimum absolute atomic E-state index is 0.0140. The van der Waals surface area contributed by atoms with Crippen LogP contribution in [-0.4, -0.2) is 20.1 Å². The first-order chi connectivity index (χ1) is 11.3. The van der Waals surface area contributed by atoms with E-state index < -0.39 is 21.7 Å². The third kappa shape index (κ3) is 2.67. The average Bonchev–Trinajstić information content (AvgIpc) is 2.79. The lowest BCUT2D eigenvalue weighted by Gasteiger charge is -2.16. The quantitative estimate of drug-likeness (QED) is 0.833. The summed E-state index contributed by atoms with van der Waals surface area (Å²) in [5, 5.41) is 13.8. The fourth-order valence-electron chi connectivity index (χ4n) is 2.48. The van der Waals surface area contributed by atoms with Crippen molar-refractivity contribution < 1.29 is 18.0 Å². The van der Waals surface area contributed by atoms with E-state index in [9.17, 15) is 18.0 Å². The molecule has 120 valence electrons. The van der Waals surface area contributed by atoms with Gasteiger partial charge >= 0.3 is 0 Å². The number of sulfonamides is 1. The first-order valence-electron chi connectivity index (χ1n) is 6.83. The van der Waals surface area contributed by atoms with Crippen LogP contribution in [0.15, 0.2) is 47.4 Å². The standard InChI is InChI=1S/C16H11N3O4S/c17-8-10-1-3-11(4-2-10)9-19-14-6-5-12(24(18,22)23)7-13(14)15(20)16(19)21/h1-7H,9H2,(H2,18,22,23). The van der Waals surface area contributed by atoms with E-state index in [1.165, 1.54) is 17.0 Å². The van der Waals surface area contributed by atoms with Gasteiger partial charge in [-0.2, -0.15) is 5.26 Å². The molecule has 0 aromatic heterocycles. The zero-order valence-corrected chi connectivity index (χ0v) is 13.1. The maximum Gasteiger partial charge on any atom is 0.299 e. The van der Waals surface area contributed by atoms with Crippen molar-refractivity contribution in [2.45, 2.75) is 11.4 Å². The van der Waals surface area contributed by atoms with Gasteiger partial charge in [0.15, 0.2) is 0 Å². The molecule has 1 amide bonds. The molecule has 2 aromatic rings. The van der Waals surface area contributed by atoms with Crippen LogP contribution in [0.1, 0.15) is 21.5 Å². The van der Waals surface area contributed by atoms with Crippen LogP contribution in [0.25, 0.3) is 0 Å². The zero-order chi connectivity index (χ0) is 17.5. The Morgan fingerprint density at radius 2 is 1.75 bits per heavy atom. The summed E-state index contributed by atoms with van der Waals surface area (Å²) in [6, 6.07) is 12.4. The van der Waals surface area contributed by atoms with E-state index in [0.717, 1.165) is 11.6 Å². The Morgan fingerprint density at radius 3 is 2.33 bits per heavy atom. The van der Waals surface area contributed by atoms with Gasteiger partial charge in [-0.1, -0.05) is 12.1 Å². The monoisotopic (exact) mass is 341 g/mol. The normalized spacial score (nSPS) is 13.8. The molecule has 0 spiro atoms. The largest absolute Gasteiger partial charge is 0.300 e. The van der Waals surface area contributed by atoms with Crippen LogP contribution in [0.3, 0.4) is 0 Å². The van der Waals surface area contributed by atoms with Crippen LogP contribution in [0.4, 0.5) is 5.69 Å². The zero-order valence-electron chi connectivity index (χ0n) is 12.3. The van der Waals surface area contributed by atoms with E-state index in [-0.39, 0.29) is 17.0 Å². The number of nitriles is 1. The van der Waals surface area contributed by atoms with Crippen LogP contribution < -0.4 is 10.0 Å². The van der Waals surface area contributed by atoms with Gasteiger partial charge in [0, 0.05) is 0 Å². The second-order valence-corrected chi connectivity index (χ2v) is 6.81. The maximum atomic E-state index is 12.2. The fraction of sp³-hybridized carbons (Fsp3) is 0.0625. The fourth-order valence-corrected chi connectivity index (χ4v) is 3.02. The number of primary sulfonamides is 1. The summed E-state index contributed by atoms with van der Waals surface area (Å²) in [6.07, 6.45) is 0.